The summed E-state index contributed by atoms with van der Waals surface area (Å²) < 4.78 is 14.3. The number of hydrogen-bond acceptors (Lipinski definition) is 5. The van der Waals surface area contributed by atoms with Crippen LogP contribution in [0.3, 0.4) is 0 Å². The van der Waals surface area contributed by atoms with E-state index in [-0.39, 0.29) is 0 Å². The van der Waals surface area contributed by atoms with Crippen LogP contribution in [0.2, 0.25) is 0 Å². The summed E-state index contributed by atoms with van der Waals surface area (Å²) in [6, 6.07) is 15.6. The molecule has 1 atom stereocenters. The van der Waals surface area contributed by atoms with Crippen molar-refractivity contribution >= 4 is 12.2 Å². The van der Waals surface area contributed by atoms with Gasteiger partial charge in [0.15, 0.2) is 6.67 Å². The van der Waals surface area contributed by atoms with Crippen LogP contribution < -0.4 is 14.4 Å². The maximum atomic E-state index is 5.52. The fraction of sp³-hybridized carbons (Fsp3) is 0.278. The van der Waals surface area contributed by atoms with Crippen LogP contribution in [0.25, 0.3) is 5.69 Å². The molecule has 0 saturated heterocycles. The summed E-state index contributed by atoms with van der Waals surface area (Å²) in [7, 11) is 5.40. The Morgan fingerprint density at radius 3 is 2.08 bits per heavy atom. The normalized spacial score (nSPS) is 12.0. The number of benzene rings is 2. The van der Waals surface area contributed by atoms with Crippen LogP contribution in [0.5, 0.6) is 11.5 Å². The number of aromatic nitrogens is 4. The molecule has 1 heterocycles. The molecule has 26 heavy (non-hydrogen) atoms. The first-order valence-corrected chi connectivity index (χ1v) is 8.63. The molecule has 7 nitrogen and oxygen atoms in total. The van der Waals surface area contributed by atoms with Gasteiger partial charge in [-0.25, -0.2) is 0 Å². The van der Waals surface area contributed by atoms with Crippen LogP contribution >= 0.6 is 12.2 Å². The van der Waals surface area contributed by atoms with E-state index >= 15 is 0 Å². The zero-order valence-electron chi connectivity index (χ0n) is 15.0. The van der Waals surface area contributed by atoms with E-state index in [9.17, 15) is 0 Å². The first kappa shape index (κ1) is 18.1. The lowest BCUT2D eigenvalue weighted by molar-refractivity contribution is -0.917. The van der Waals surface area contributed by atoms with E-state index in [1.807, 2.05) is 36.4 Å². The molecule has 0 radical (unpaired) electrons. The topological polar surface area (TPSA) is 58.5 Å². The van der Waals surface area contributed by atoms with Gasteiger partial charge >= 0.3 is 0 Å². The van der Waals surface area contributed by atoms with E-state index in [4.69, 9.17) is 21.7 Å². The molecule has 0 spiro atoms. The predicted octanol–water partition coefficient (Wildman–Crippen LogP) is 1.49. The molecule has 0 amide bonds. The lowest BCUT2D eigenvalue weighted by Gasteiger charge is -2.13. The van der Waals surface area contributed by atoms with Crippen molar-refractivity contribution in [3.8, 4) is 17.2 Å². The van der Waals surface area contributed by atoms with Gasteiger partial charge in [-0.05, 0) is 71.2 Å². The number of methoxy groups -OCH3 is 2. The Balaban J connectivity index is 1.69. The molecule has 0 aliphatic carbocycles. The third-order valence-corrected chi connectivity index (χ3v) is 4.42. The van der Waals surface area contributed by atoms with Crippen LogP contribution in [0.4, 0.5) is 0 Å². The van der Waals surface area contributed by atoms with E-state index in [1.54, 1.807) is 23.6 Å². The van der Waals surface area contributed by atoms with Crippen molar-refractivity contribution < 1.29 is 14.4 Å². The van der Waals surface area contributed by atoms with Gasteiger partial charge in [0, 0.05) is 5.56 Å². The lowest BCUT2D eigenvalue weighted by atomic mass is 10.2. The van der Waals surface area contributed by atoms with Crippen molar-refractivity contribution in [2.75, 3.05) is 21.3 Å². The van der Waals surface area contributed by atoms with Gasteiger partial charge in [0.25, 0.3) is 0 Å². The second-order valence-corrected chi connectivity index (χ2v) is 6.38. The van der Waals surface area contributed by atoms with Gasteiger partial charge in [-0.1, -0.05) is 0 Å². The highest BCUT2D eigenvalue weighted by molar-refractivity contribution is 7.71. The second kappa shape index (κ2) is 8.11. The average molecular weight is 372 g/mol. The van der Waals surface area contributed by atoms with E-state index in [0.29, 0.717) is 11.4 Å². The van der Waals surface area contributed by atoms with Crippen molar-refractivity contribution in [1.29, 1.82) is 0 Å². The van der Waals surface area contributed by atoms with Crippen molar-refractivity contribution in [3.05, 3.63) is 58.9 Å². The minimum absolute atomic E-state index is 0.559. The smallest absolute Gasteiger partial charge is 0.225 e. The number of quaternary nitrogens is 1. The molecule has 0 bridgehead atoms. The molecule has 3 rings (SSSR count). The second-order valence-electron chi connectivity index (χ2n) is 6.01. The van der Waals surface area contributed by atoms with Crippen molar-refractivity contribution in [1.82, 2.24) is 19.8 Å². The van der Waals surface area contributed by atoms with Gasteiger partial charge in [-0.2, -0.15) is 9.36 Å². The van der Waals surface area contributed by atoms with Crippen molar-refractivity contribution in [2.45, 2.75) is 13.2 Å². The van der Waals surface area contributed by atoms with Crippen LogP contribution in [-0.4, -0.2) is 41.1 Å². The van der Waals surface area contributed by atoms with E-state index in [1.165, 1.54) is 10.5 Å². The molecule has 0 aliphatic heterocycles. The quantitative estimate of drug-likeness (QED) is 0.637. The van der Waals surface area contributed by atoms with E-state index in [0.717, 1.165) is 23.7 Å². The zero-order chi connectivity index (χ0) is 18.5. The van der Waals surface area contributed by atoms with Crippen molar-refractivity contribution in [3.63, 3.8) is 0 Å². The Kier molecular flexibility index (Phi) is 5.65. The fourth-order valence-corrected chi connectivity index (χ4v) is 2.91. The van der Waals surface area contributed by atoms with E-state index in [2.05, 4.69) is 29.6 Å². The number of ether oxygens (including phenoxy) is 2. The summed E-state index contributed by atoms with van der Waals surface area (Å²) >= 11 is 5.52. The molecule has 1 aromatic heterocycles. The van der Waals surface area contributed by atoms with Crippen LogP contribution in [0.1, 0.15) is 5.56 Å². The maximum Gasteiger partial charge on any atom is 0.225 e. The molecular weight excluding hydrogens is 350 g/mol. The van der Waals surface area contributed by atoms with Gasteiger partial charge in [0.05, 0.1) is 27.0 Å². The minimum Gasteiger partial charge on any atom is -0.497 e. The van der Waals surface area contributed by atoms with Crippen LogP contribution in [0.15, 0.2) is 48.5 Å². The molecule has 1 unspecified atom stereocenters. The number of rotatable bonds is 7. The Labute approximate surface area is 157 Å². The highest BCUT2D eigenvalue weighted by Gasteiger charge is 2.11. The van der Waals surface area contributed by atoms with Gasteiger partial charge in [0.2, 0.25) is 4.77 Å². The van der Waals surface area contributed by atoms with E-state index < -0.39 is 0 Å². The highest BCUT2D eigenvalue weighted by Crippen LogP contribution is 2.14. The summed E-state index contributed by atoms with van der Waals surface area (Å²) in [6.45, 7) is 1.47. The third kappa shape index (κ3) is 4.09. The Bertz CT molecular complexity index is 903. The summed E-state index contributed by atoms with van der Waals surface area (Å²) in [6.07, 6.45) is 0. The molecule has 0 fully saturated rings. The molecule has 0 aliphatic rings. The Morgan fingerprint density at radius 2 is 1.50 bits per heavy atom. The number of tetrazole rings is 1. The monoisotopic (exact) mass is 372 g/mol. The first-order chi connectivity index (χ1) is 12.6. The number of nitrogens with zero attached hydrogens (tertiary/aromatic N) is 4. The number of nitrogens with one attached hydrogen (secondary N) is 1. The fourth-order valence-electron chi connectivity index (χ4n) is 2.66. The molecular formula is C18H22N5O2S+. The van der Waals surface area contributed by atoms with Gasteiger partial charge < -0.3 is 14.4 Å². The summed E-state index contributed by atoms with van der Waals surface area (Å²) in [4.78, 5) is 1.24. The van der Waals surface area contributed by atoms with Crippen LogP contribution in [-0.2, 0) is 13.2 Å². The number of hydrogen-bond donors (Lipinski definition) is 1. The molecule has 136 valence electrons. The highest BCUT2D eigenvalue weighted by atomic mass is 32.1. The average Bonchev–Trinajstić information content (AvgIpc) is 3.02. The van der Waals surface area contributed by atoms with Crippen LogP contribution in [0, 0.1) is 4.77 Å². The Morgan fingerprint density at radius 1 is 0.923 bits per heavy atom. The molecule has 0 saturated carbocycles. The first-order valence-electron chi connectivity index (χ1n) is 8.22. The predicted molar refractivity (Wildman–Crippen MR) is 100 cm³/mol. The largest absolute Gasteiger partial charge is 0.497 e. The molecule has 8 heteroatoms. The van der Waals surface area contributed by atoms with Crippen molar-refractivity contribution in [2.24, 2.45) is 0 Å². The summed E-state index contributed by atoms with van der Waals surface area (Å²) in [5, 5.41) is 8.38. The third-order valence-electron chi connectivity index (χ3n) is 4.04. The summed E-state index contributed by atoms with van der Waals surface area (Å²) in [5.41, 5.74) is 2.08. The molecule has 3 aromatic rings. The SMILES string of the molecule is COc1ccc(C[NH+](C)Cn2nnn(-c3ccc(OC)cc3)c2=S)cc1. The van der Waals surface area contributed by atoms with Gasteiger partial charge in [-0.3, -0.25) is 0 Å². The van der Waals surface area contributed by atoms with Gasteiger partial charge in [-0.15, -0.1) is 0 Å². The lowest BCUT2D eigenvalue weighted by Crippen LogP contribution is -3.07. The van der Waals surface area contributed by atoms with Gasteiger partial charge in [0.1, 0.15) is 18.0 Å². The maximum absolute atomic E-state index is 5.52. The standard InChI is InChI=1S/C18H21N5O2S/c1-21(12-14-4-8-16(24-2)9-5-14)13-22-18(26)23(20-19-22)15-6-10-17(25-3)11-7-15/h4-11H,12-13H2,1-3H3/p+1. The minimum atomic E-state index is 0.559. The molecule has 2 aromatic carbocycles. The zero-order valence-corrected chi connectivity index (χ0v) is 15.9. The molecule has 1 N–H and O–H groups in total. The summed E-state index contributed by atoms with van der Waals surface area (Å²) in [5.74, 6) is 1.65. The Hall–Kier alpha value is -2.71.